The Morgan fingerprint density at radius 1 is 1.10 bits per heavy atom. The number of nitrogens with one attached hydrogen (secondary N) is 2. The molecule has 12 heteroatoms. The molecule has 5 rings (SSSR count). The first-order valence-electron chi connectivity index (χ1n) is 12.9. The molecule has 208 valence electrons. The third-order valence-corrected chi connectivity index (χ3v) is 7.84. The molecular weight excluding hydrogens is 528 g/mol. The highest BCUT2D eigenvalue weighted by Crippen LogP contribution is 2.31. The van der Waals surface area contributed by atoms with Gasteiger partial charge in [0.2, 0.25) is 11.9 Å². The molecule has 0 atom stereocenters. The number of carbonyl (C=O) groups excluding carboxylic acids is 1. The molecule has 0 radical (unpaired) electrons. The van der Waals surface area contributed by atoms with Crippen molar-refractivity contribution in [3.63, 3.8) is 0 Å². The third kappa shape index (κ3) is 6.19. The molecule has 0 spiro atoms. The summed E-state index contributed by atoms with van der Waals surface area (Å²) in [4.78, 5) is 33.6. The van der Waals surface area contributed by atoms with Crippen LogP contribution in [0, 0.1) is 0 Å². The van der Waals surface area contributed by atoms with Crippen LogP contribution in [0.25, 0.3) is 11.4 Å². The maximum Gasteiger partial charge on any atom is 0.284 e. The molecule has 1 aliphatic rings. The summed E-state index contributed by atoms with van der Waals surface area (Å²) < 4.78 is 5.43. The number of nitrogens with two attached hydrogens (primary N) is 1. The molecule has 1 saturated heterocycles. The number of amides is 1. The highest BCUT2D eigenvalue weighted by atomic mass is 32.1. The van der Waals surface area contributed by atoms with Gasteiger partial charge in [0.1, 0.15) is 0 Å². The van der Waals surface area contributed by atoms with E-state index in [1.54, 1.807) is 24.4 Å². The largest absolute Gasteiger partial charge is 0.392 e. The Morgan fingerprint density at radius 2 is 1.85 bits per heavy atom. The van der Waals surface area contributed by atoms with E-state index in [2.05, 4.69) is 56.2 Å². The molecule has 40 heavy (non-hydrogen) atoms. The molecule has 5 N–H and O–H groups in total. The quantitative estimate of drug-likeness (QED) is 0.259. The molecule has 11 nitrogen and oxygen atoms in total. The lowest BCUT2D eigenvalue weighted by atomic mass is 9.96. The molecule has 0 bridgehead atoms. The lowest BCUT2D eigenvalue weighted by Gasteiger charge is -2.28. The summed E-state index contributed by atoms with van der Waals surface area (Å²) in [6, 6.07) is 13.2. The number of aliphatic hydroxyl groups excluding tert-OH is 1. The summed E-state index contributed by atoms with van der Waals surface area (Å²) in [7, 11) is 0. The number of hydrogen-bond donors (Lipinski definition) is 4. The van der Waals surface area contributed by atoms with E-state index in [0.29, 0.717) is 21.8 Å². The van der Waals surface area contributed by atoms with E-state index in [-0.39, 0.29) is 35.7 Å². The minimum atomic E-state index is -0.356. The van der Waals surface area contributed by atoms with Crippen molar-refractivity contribution in [2.24, 2.45) is 0 Å². The second-order valence-corrected chi connectivity index (χ2v) is 11.4. The zero-order chi connectivity index (χ0) is 28.3. The van der Waals surface area contributed by atoms with Crippen LogP contribution in [0.5, 0.6) is 0 Å². The SMILES string of the molecule is CC(C)(C)c1cnc(C(=O)Nc2cccc(-c3nc(N)nc(Nc4ccc(N5CCOCC5)cc4)n3)c2CO)s1. The second-order valence-electron chi connectivity index (χ2n) is 10.3. The summed E-state index contributed by atoms with van der Waals surface area (Å²) >= 11 is 1.34. The average Bonchev–Trinajstić information content (AvgIpc) is 3.45. The van der Waals surface area contributed by atoms with Crippen LogP contribution < -0.4 is 21.3 Å². The first-order chi connectivity index (χ1) is 19.2. The number of ether oxygens (including phenoxy) is 1. The van der Waals surface area contributed by atoms with Crippen molar-refractivity contribution in [1.29, 1.82) is 0 Å². The zero-order valence-corrected chi connectivity index (χ0v) is 23.5. The van der Waals surface area contributed by atoms with Gasteiger partial charge < -0.3 is 31.1 Å². The Morgan fingerprint density at radius 3 is 2.52 bits per heavy atom. The van der Waals surface area contributed by atoms with E-state index in [1.165, 1.54) is 11.3 Å². The van der Waals surface area contributed by atoms with Crippen LogP contribution in [0.2, 0.25) is 0 Å². The van der Waals surface area contributed by atoms with E-state index in [9.17, 15) is 9.90 Å². The number of nitrogen functional groups attached to an aromatic ring is 1. The molecule has 0 unspecified atom stereocenters. The van der Waals surface area contributed by atoms with E-state index < -0.39 is 0 Å². The number of carbonyl (C=O) groups is 1. The van der Waals surface area contributed by atoms with Crippen LogP contribution in [0.3, 0.4) is 0 Å². The number of aliphatic hydroxyl groups is 1. The highest BCUT2D eigenvalue weighted by molar-refractivity contribution is 7.13. The van der Waals surface area contributed by atoms with Gasteiger partial charge in [0.05, 0.1) is 19.8 Å². The fourth-order valence-electron chi connectivity index (χ4n) is 4.26. The fourth-order valence-corrected chi connectivity index (χ4v) is 5.13. The fraction of sp³-hybridized carbons (Fsp3) is 0.321. The number of thiazole rings is 1. The van der Waals surface area contributed by atoms with Gasteiger partial charge in [-0.1, -0.05) is 32.9 Å². The van der Waals surface area contributed by atoms with Gasteiger partial charge >= 0.3 is 0 Å². The summed E-state index contributed by atoms with van der Waals surface area (Å²) in [5.41, 5.74) is 9.24. The van der Waals surface area contributed by atoms with Crippen LogP contribution in [-0.4, -0.2) is 57.3 Å². The highest BCUT2D eigenvalue weighted by Gasteiger charge is 2.21. The summed E-state index contributed by atoms with van der Waals surface area (Å²) in [6.07, 6.45) is 1.72. The van der Waals surface area contributed by atoms with Gasteiger partial charge in [0.15, 0.2) is 10.8 Å². The molecule has 1 fully saturated rings. The summed E-state index contributed by atoms with van der Waals surface area (Å²) in [5, 5.41) is 16.7. The van der Waals surface area contributed by atoms with Gasteiger partial charge in [0.25, 0.3) is 5.91 Å². The molecule has 3 heterocycles. The lowest BCUT2D eigenvalue weighted by Crippen LogP contribution is -2.36. The van der Waals surface area contributed by atoms with E-state index in [0.717, 1.165) is 42.6 Å². The van der Waals surface area contributed by atoms with Crippen LogP contribution >= 0.6 is 11.3 Å². The Balaban J connectivity index is 1.37. The van der Waals surface area contributed by atoms with Crippen molar-refractivity contribution in [2.75, 3.05) is 47.6 Å². The van der Waals surface area contributed by atoms with Crippen LogP contribution in [-0.2, 0) is 16.8 Å². The molecule has 2 aromatic carbocycles. The molecule has 0 saturated carbocycles. The van der Waals surface area contributed by atoms with Crippen molar-refractivity contribution < 1.29 is 14.6 Å². The van der Waals surface area contributed by atoms with Gasteiger partial charge in [-0.3, -0.25) is 4.79 Å². The normalized spacial score (nSPS) is 13.8. The van der Waals surface area contributed by atoms with Crippen molar-refractivity contribution in [1.82, 2.24) is 19.9 Å². The monoisotopic (exact) mass is 560 g/mol. The molecule has 4 aromatic rings. The molecular formula is C28H32N8O3S. The number of nitrogens with zero attached hydrogens (tertiary/aromatic N) is 5. The first kappa shape index (κ1) is 27.4. The smallest absolute Gasteiger partial charge is 0.284 e. The molecule has 1 aliphatic heterocycles. The number of morpholine rings is 1. The number of rotatable bonds is 7. The van der Waals surface area contributed by atoms with Gasteiger partial charge in [-0.05, 0) is 35.7 Å². The van der Waals surface area contributed by atoms with Crippen molar-refractivity contribution in [3.8, 4) is 11.4 Å². The Bertz CT molecular complexity index is 1490. The molecule has 2 aromatic heterocycles. The van der Waals surface area contributed by atoms with Crippen LogP contribution in [0.15, 0.2) is 48.7 Å². The van der Waals surface area contributed by atoms with E-state index >= 15 is 0 Å². The van der Waals surface area contributed by atoms with Gasteiger partial charge in [-0.15, -0.1) is 11.3 Å². The number of aromatic nitrogens is 4. The molecule has 1 amide bonds. The van der Waals surface area contributed by atoms with Crippen LogP contribution in [0.1, 0.15) is 41.0 Å². The summed E-state index contributed by atoms with van der Waals surface area (Å²) in [6.45, 7) is 9.00. The topological polar surface area (TPSA) is 151 Å². The average molecular weight is 561 g/mol. The summed E-state index contributed by atoms with van der Waals surface area (Å²) in [5.74, 6) is 0.195. The maximum absolute atomic E-state index is 13.0. The van der Waals surface area contributed by atoms with Gasteiger partial charge in [-0.25, -0.2) is 4.98 Å². The van der Waals surface area contributed by atoms with E-state index in [1.807, 2.05) is 24.3 Å². The standard InChI is InChI=1S/C28H32N8O3S/c1-28(2,3)22-15-30-25(40-22)24(38)32-21-6-4-5-19(20(21)16-37)23-33-26(29)35-27(34-23)31-17-7-9-18(10-8-17)36-11-13-39-14-12-36/h4-10,15,37H,11-14,16H2,1-3H3,(H,32,38)(H3,29,31,33,34,35). The van der Waals surface area contributed by atoms with Crippen LogP contribution in [0.4, 0.5) is 29.0 Å². The predicted molar refractivity (Wildman–Crippen MR) is 157 cm³/mol. The van der Waals surface area contributed by atoms with Crippen molar-refractivity contribution in [3.05, 3.63) is 64.1 Å². The van der Waals surface area contributed by atoms with Gasteiger partial charge in [0, 0.05) is 52.4 Å². The number of anilines is 5. The number of benzene rings is 2. The minimum Gasteiger partial charge on any atom is -0.392 e. The second kappa shape index (κ2) is 11.5. The number of hydrogen-bond acceptors (Lipinski definition) is 11. The van der Waals surface area contributed by atoms with Crippen molar-refractivity contribution in [2.45, 2.75) is 32.8 Å². The van der Waals surface area contributed by atoms with E-state index in [4.69, 9.17) is 10.5 Å². The Hall–Kier alpha value is -4.13. The minimum absolute atomic E-state index is 0.0215. The maximum atomic E-state index is 13.0. The Labute approximate surface area is 236 Å². The van der Waals surface area contributed by atoms with Gasteiger partial charge in [-0.2, -0.15) is 15.0 Å². The third-order valence-electron chi connectivity index (χ3n) is 6.41. The first-order valence-corrected chi connectivity index (χ1v) is 13.7. The van der Waals surface area contributed by atoms with Crippen molar-refractivity contribution >= 4 is 46.2 Å². The molecule has 0 aliphatic carbocycles. The Kier molecular flexibility index (Phi) is 7.92. The predicted octanol–water partition coefficient (Wildman–Crippen LogP) is 4.20. The lowest BCUT2D eigenvalue weighted by molar-refractivity contribution is 0.102. The zero-order valence-electron chi connectivity index (χ0n) is 22.6.